The molecule has 0 amide bonds. The van der Waals surface area contributed by atoms with Gasteiger partial charge in [0.1, 0.15) is 18.2 Å². The van der Waals surface area contributed by atoms with Gasteiger partial charge in [0.05, 0.1) is 22.0 Å². The van der Waals surface area contributed by atoms with E-state index in [-0.39, 0.29) is 5.56 Å². The van der Waals surface area contributed by atoms with Crippen molar-refractivity contribution in [2.75, 3.05) is 6.61 Å². The first-order chi connectivity index (χ1) is 17.1. The third kappa shape index (κ3) is 5.39. The Morgan fingerprint density at radius 1 is 1.17 bits per heavy atom. The van der Waals surface area contributed by atoms with E-state index in [0.717, 1.165) is 29.7 Å². The first kappa shape index (κ1) is 23.1. The van der Waals surface area contributed by atoms with Crippen molar-refractivity contribution in [3.63, 3.8) is 0 Å². The largest absolute Gasteiger partial charge is 0.487 e. The summed E-state index contributed by atoms with van der Waals surface area (Å²) in [7, 11) is 0. The molecular weight excluding hydrogens is 458 g/mol. The third-order valence-electron chi connectivity index (χ3n) is 6.09. The molecule has 35 heavy (non-hydrogen) atoms. The standard InChI is InChI=1S/C29H26ClN3O2/c1-2-23-27(26-24(30)7-5-8-25(26)35-18-22-6-3-4-17-31-22)32-28(33-29(23)34)21-15-13-20(14-16-21)12-11-19-9-10-19/h4-5,7-8,13-17,19H,2-3,6,9-10,18H2,1H3,(H,32,33,34). The van der Waals surface area contributed by atoms with Gasteiger partial charge in [0, 0.05) is 28.8 Å². The van der Waals surface area contributed by atoms with E-state index in [4.69, 9.17) is 21.3 Å². The van der Waals surface area contributed by atoms with Crippen LogP contribution in [0.25, 0.3) is 22.6 Å². The van der Waals surface area contributed by atoms with E-state index >= 15 is 0 Å². The van der Waals surface area contributed by atoms with Gasteiger partial charge < -0.3 is 9.72 Å². The lowest BCUT2D eigenvalue weighted by atomic mass is 10.0. The van der Waals surface area contributed by atoms with E-state index in [1.165, 1.54) is 12.8 Å². The minimum atomic E-state index is -0.183. The fourth-order valence-corrected chi connectivity index (χ4v) is 4.22. The number of aromatic amines is 1. The number of benzene rings is 2. The molecular formula is C29H26ClN3O2. The summed E-state index contributed by atoms with van der Waals surface area (Å²) in [5, 5.41) is 0.484. The summed E-state index contributed by atoms with van der Waals surface area (Å²) in [6, 6.07) is 13.3. The predicted octanol–water partition coefficient (Wildman–Crippen LogP) is 6.21. The van der Waals surface area contributed by atoms with Gasteiger partial charge in [0.25, 0.3) is 5.56 Å². The first-order valence-electron chi connectivity index (χ1n) is 12.0. The molecule has 5 nitrogen and oxygen atoms in total. The quantitative estimate of drug-likeness (QED) is 0.424. The highest BCUT2D eigenvalue weighted by atomic mass is 35.5. The molecule has 1 fully saturated rings. The van der Waals surface area contributed by atoms with Gasteiger partial charge in [-0.2, -0.15) is 0 Å². The van der Waals surface area contributed by atoms with E-state index in [1.54, 1.807) is 6.07 Å². The monoisotopic (exact) mass is 483 g/mol. The minimum Gasteiger partial charge on any atom is -0.487 e. The van der Waals surface area contributed by atoms with Crippen molar-refractivity contribution in [2.24, 2.45) is 10.9 Å². The van der Waals surface area contributed by atoms with Crippen LogP contribution in [-0.2, 0) is 6.42 Å². The molecule has 6 heteroatoms. The van der Waals surface area contributed by atoms with Crippen molar-refractivity contribution in [3.05, 3.63) is 81.2 Å². The van der Waals surface area contributed by atoms with Crippen molar-refractivity contribution in [2.45, 2.75) is 39.0 Å². The van der Waals surface area contributed by atoms with E-state index in [2.05, 4.69) is 21.8 Å². The molecule has 1 saturated carbocycles. The lowest BCUT2D eigenvalue weighted by Gasteiger charge is -2.16. The number of aromatic nitrogens is 2. The van der Waals surface area contributed by atoms with E-state index in [1.807, 2.05) is 55.6 Å². The van der Waals surface area contributed by atoms with Crippen molar-refractivity contribution in [1.29, 1.82) is 0 Å². The van der Waals surface area contributed by atoms with E-state index in [9.17, 15) is 4.79 Å². The number of hydrogen-bond donors (Lipinski definition) is 1. The Bertz CT molecular complexity index is 1420. The minimum absolute atomic E-state index is 0.183. The number of nitrogens with one attached hydrogen (secondary N) is 1. The molecule has 1 aromatic heterocycles. The predicted molar refractivity (Wildman–Crippen MR) is 141 cm³/mol. The molecule has 0 unspecified atom stereocenters. The number of allylic oxidation sites excluding steroid dienone is 1. The highest BCUT2D eigenvalue weighted by Gasteiger charge is 2.20. The molecule has 2 aliphatic rings. The molecule has 1 aliphatic heterocycles. The zero-order valence-corrected chi connectivity index (χ0v) is 20.4. The zero-order valence-electron chi connectivity index (χ0n) is 19.6. The van der Waals surface area contributed by atoms with Crippen LogP contribution in [0.5, 0.6) is 5.75 Å². The van der Waals surface area contributed by atoms with Gasteiger partial charge in [-0.05, 0) is 56.4 Å². The molecule has 0 atom stereocenters. The summed E-state index contributed by atoms with van der Waals surface area (Å²) in [5.74, 6) is 8.10. The van der Waals surface area contributed by atoms with Gasteiger partial charge in [0.2, 0.25) is 0 Å². The highest BCUT2D eigenvalue weighted by molar-refractivity contribution is 6.33. The molecule has 5 rings (SSSR count). The molecule has 1 N–H and O–H groups in total. The van der Waals surface area contributed by atoms with E-state index in [0.29, 0.717) is 52.4 Å². The van der Waals surface area contributed by atoms with Crippen molar-refractivity contribution < 1.29 is 4.74 Å². The summed E-state index contributed by atoms with van der Waals surface area (Å²) >= 11 is 6.66. The summed E-state index contributed by atoms with van der Waals surface area (Å²) in [6.45, 7) is 2.29. The molecule has 176 valence electrons. The maximum Gasteiger partial charge on any atom is 0.254 e. The Kier molecular flexibility index (Phi) is 6.83. The molecule has 2 heterocycles. The van der Waals surface area contributed by atoms with Crippen LogP contribution in [0.3, 0.4) is 0 Å². The molecule has 0 saturated heterocycles. The Morgan fingerprint density at radius 3 is 2.71 bits per heavy atom. The average molecular weight is 484 g/mol. The summed E-state index contributed by atoms with van der Waals surface area (Å²) < 4.78 is 6.15. The van der Waals surface area contributed by atoms with Gasteiger partial charge in [-0.1, -0.05) is 54.6 Å². The Balaban J connectivity index is 1.52. The number of nitrogens with zero attached hydrogens (tertiary/aromatic N) is 2. The van der Waals surface area contributed by atoms with Crippen LogP contribution < -0.4 is 10.3 Å². The number of halogens is 1. The van der Waals surface area contributed by atoms with Gasteiger partial charge in [-0.3, -0.25) is 9.79 Å². The SMILES string of the molecule is CCc1c(-c2c(Cl)cccc2OCC2=NC=CCC2)nc(-c2ccc(C#CC3CC3)cc2)[nH]c1=O. The molecule has 2 aromatic carbocycles. The number of aliphatic imine (C=N–C) groups is 1. The summed E-state index contributed by atoms with van der Waals surface area (Å²) in [6.07, 6.45) is 8.56. The lowest BCUT2D eigenvalue weighted by molar-refractivity contribution is 0.375. The molecule has 0 spiro atoms. The Morgan fingerprint density at radius 2 is 2.00 bits per heavy atom. The highest BCUT2D eigenvalue weighted by Crippen LogP contribution is 2.37. The average Bonchev–Trinajstić information content (AvgIpc) is 3.71. The fraction of sp³-hybridized carbons (Fsp3) is 0.276. The second-order valence-electron chi connectivity index (χ2n) is 8.74. The zero-order chi connectivity index (χ0) is 24.2. The van der Waals surface area contributed by atoms with Crippen molar-refractivity contribution >= 4 is 17.3 Å². The van der Waals surface area contributed by atoms with Gasteiger partial charge in [-0.15, -0.1) is 0 Å². The molecule has 0 bridgehead atoms. The fourth-order valence-electron chi connectivity index (χ4n) is 3.97. The molecule has 1 aliphatic carbocycles. The van der Waals surface area contributed by atoms with Crippen molar-refractivity contribution in [1.82, 2.24) is 9.97 Å². The topological polar surface area (TPSA) is 67.3 Å². The van der Waals surface area contributed by atoms with Crippen LogP contribution >= 0.6 is 11.6 Å². The number of ether oxygens (including phenoxy) is 1. The number of rotatable bonds is 6. The number of H-pyrrole nitrogens is 1. The van der Waals surface area contributed by atoms with Crippen LogP contribution in [0.2, 0.25) is 5.02 Å². The van der Waals surface area contributed by atoms with Crippen LogP contribution in [0.15, 0.2) is 64.5 Å². The van der Waals surface area contributed by atoms with Crippen LogP contribution in [-0.4, -0.2) is 22.3 Å². The number of hydrogen-bond acceptors (Lipinski definition) is 4. The maximum atomic E-state index is 13.1. The third-order valence-corrected chi connectivity index (χ3v) is 6.41. The Labute approximate surface area is 210 Å². The van der Waals surface area contributed by atoms with Gasteiger partial charge in [0.15, 0.2) is 0 Å². The van der Waals surface area contributed by atoms with Gasteiger partial charge in [-0.25, -0.2) is 4.98 Å². The van der Waals surface area contributed by atoms with Crippen LogP contribution in [0.1, 0.15) is 43.7 Å². The van der Waals surface area contributed by atoms with Crippen LogP contribution in [0.4, 0.5) is 0 Å². The molecule has 3 aromatic rings. The van der Waals surface area contributed by atoms with Crippen molar-refractivity contribution in [3.8, 4) is 40.2 Å². The van der Waals surface area contributed by atoms with Crippen LogP contribution in [0, 0.1) is 17.8 Å². The maximum absolute atomic E-state index is 13.1. The second-order valence-corrected chi connectivity index (χ2v) is 9.14. The van der Waals surface area contributed by atoms with E-state index < -0.39 is 0 Å². The summed E-state index contributed by atoms with van der Waals surface area (Å²) in [4.78, 5) is 25.3. The smallest absolute Gasteiger partial charge is 0.254 e. The first-order valence-corrected chi connectivity index (χ1v) is 12.4. The van der Waals surface area contributed by atoms with Gasteiger partial charge >= 0.3 is 0 Å². The normalized spacial score (nSPS) is 14.7. The molecule has 0 radical (unpaired) electrons. The lowest BCUT2D eigenvalue weighted by Crippen LogP contribution is -2.17. The summed E-state index contributed by atoms with van der Waals surface area (Å²) in [5.41, 5.74) is 4.27. The Hall–Kier alpha value is -3.62. The second kappa shape index (κ2) is 10.3.